The minimum atomic E-state index is 0.639. The topological polar surface area (TPSA) is 66.2 Å². The molecule has 1 fully saturated rings. The first-order valence-corrected chi connectivity index (χ1v) is 10.4. The van der Waals surface area contributed by atoms with Gasteiger partial charge in [-0.15, -0.1) is 0 Å². The number of nitrogens with one attached hydrogen (secondary N) is 2. The molecule has 5 rings (SSSR count). The van der Waals surface area contributed by atoms with Crippen LogP contribution in [0.5, 0.6) is 0 Å². The van der Waals surface area contributed by atoms with E-state index in [9.17, 15) is 0 Å². The Hall–Kier alpha value is -3.22. The van der Waals surface area contributed by atoms with E-state index in [1.165, 1.54) is 0 Å². The van der Waals surface area contributed by atoms with E-state index >= 15 is 0 Å². The third-order valence-corrected chi connectivity index (χ3v) is 5.53. The molecule has 3 aromatic heterocycles. The molecule has 152 valence electrons. The molecule has 0 saturated carbocycles. The van der Waals surface area contributed by atoms with Crippen LogP contribution in [0.3, 0.4) is 0 Å². The number of benzene rings is 1. The highest BCUT2D eigenvalue weighted by Crippen LogP contribution is 2.42. The first kappa shape index (κ1) is 18.8. The zero-order valence-electron chi connectivity index (χ0n) is 16.8. The molecule has 1 aromatic carbocycles. The van der Waals surface area contributed by atoms with Gasteiger partial charge in [-0.1, -0.05) is 30.3 Å². The summed E-state index contributed by atoms with van der Waals surface area (Å²) in [6, 6.07) is 16.3. The fourth-order valence-electron chi connectivity index (χ4n) is 4.03. The van der Waals surface area contributed by atoms with Crippen molar-refractivity contribution in [1.29, 1.82) is 0 Å². The summed E-state index contributed by atoms with van der Waals surface area (Å²) in [6.07, 6.45) is 5.41. The van der Waals surface area contributed by atoms with E-state index < -0.39 is 0 Å². The molecular formula is C24H25N5O. The number of pyridine rings is 2. The number of rotatable bonds is 6. The van der Waals surface area contributed by atoms with Gasteiger partial charge < -0.3 is 15.1 Å². The van der Waals surface area contributed by atoms with E-state index in [1.54, 1.807) is 12.4 Å². The van der Waals surface area contributed by atoms with Crippen LogP contribution in [0.4, 0.5) is 5.69 Å². The van der Waals surface area contributed by atoms with Gasteiger partial charge in [-0.2, -0.15) is 0 Å². The van der Waals surface area contributed by atoms with Crippen LogP contribution in [0.1, 0.15) is 0 Å². The molecule has 0 unspecified atom stereocenters. The summed E-state index contributed by atoms with van der Waals surface area (Å²) in [5.74, 6) is 0.799. The number of piperazine rings is 1. The summed E-state index contributed by atoms with van der Waals surface area (Å²) in [7, 11) is 0. The maximum Gasteiger partial charge on any atom is 0.229 e. The first-order chi connectivity index (χ1) is 14.9. The molecule has 4 aromatic rings. The number of nitrogens with zero attached hydrogens (tertiary/aromatic N) is 3. The summed E-state index contributed by atoms with van der Waals surface area (Å²) >= 11 is 0. The highest BCUT2D eigenvalue weighted by molar-refractivity contribution is 6.06. The van der Waals surface area contributed by atoms with Crippen LogP contribution in [-0.4, -0.2) is 54.1 Å². The van der Waals surface area contributed by atoms with E-state index in [0.717, 1.165) is 72.8 Å². The Labute approximate surface area is 176 Å². The maximum absolute atomic E-state index is 6.27. The molecular weight excluding hydrogens is 374 g/mol. The van der Waals surface area contributed by atoms with Crippen LogP contribution >= 0.6 is 0 Å². The van der Waals surface area contributed by atoms with Crippen molar-refractivity contribution in [2.24, 2.45) is 0 Å². The van der Waals surface area contributed by atoms with E-state index in [1.807, 2.05) is 30.5 Å². The standard InChI is InChI=1S/C24H25N5O/c1-2-5-18(6-3-1)21-22-20(27-13-16-29-14-11-25-12-15-29)8-10-28-24(22)30-23(21)19-7-4-9-26-17-19/h1-10,17,25H,11-16H2,(H,27,28). The summed E-state index contributed by atoms with van der Waals surface area (Å²) in [5.41, 5.74) is 4.79. The second-order valence-corrected chi connectivity index (χ2v) is 7.47. The molecule has 0 amide bonds. The summed E-state index contributed by atoms with van der Waals surface area (Å²) in [6.45, 7) is 6.21. The quantitative estimate of drug-likeness (QED) is 0.513. The van der Waals surface area contributed by atoms with E-state index in [4.69, 9.17) is 4.42 Å². The second kappa shape index (κ2) is 8.65. The average molecular weight is 399 g/mol. The Bertz CT molecular complexity index is 1100. The second-order valence-electron chi connectivity index (χ2n) is 7.47. The van der Waals surface area contributed by atoms with Crippen molar-refractivity contribution in [1.82, 2.24) is 20.2 Å². The molecule has 0 radical (unpaired) electrons. The molecule has 0 atom stereocenters. The van der Waals surface area contributed by atoms with E-state index in [-0.39, 0.29) is 0 Å². The van der Waals surface area contributed by atoms with E-state index in [0.29, 0.717) is 5.71 Å². The molecule has 1 aliphatic heterocycles. The summed E-state index contributed by atoms with van der Waals surface area (Å²) in [5, 5.41) is 8.05. The SMILES string of the molecule is c1ccc(-c2c(-c3cccnc3)oc3nccc(NCCN4CCNCC4)c23)cc1. The van der Waals surface area contributed by atoms with Crippen LogP contribution in [-0.2, 0) is 0 Å². The number of anilines is 1. The van der Waals surface area contributed by atoms with Crippen molar-refractivity contribution < 1.29 is 4.42 Å². The van der Waals surface area contributed by atoms with Gasteiger partial charge in [-0.05, 0) is 23.8 Å². The molecule has 0 aliphatic carbocycles. The lowest BCUT2D eigenvalue weighted by atomic mass is 9.99. The van der Waals surface area contributed by atoms with Crippen molar-refractivity contribution >= 4 is 16.8 Å². The molecule has 1 saturated heterocycles. The molecule has 6 heteroatoms. The molecule has 30 heavy (non-hydrogen) atoms. The number of aromatic nitrogens is 2. The van der Waals surface area contributed by atoms with Crippen LogP contribution < -0.4 is 10.6 Å². The highest BCUT2D eigenvalue weighted by atomic mass is 16.3. The van der Waals surface area contributed by atoms with Crippen LogP contribution in [0.25, 0.3) is 33.6 Å². The third kappa shape index (κ3) is 3.79. The number of fused-ring (bicyclic) bond motifs is 1. The fraction of sp³-hybridized carbons (Fsp3) is 0.250. The molecule has 0 bridgehead atoms. The van der Waals surface area contributed by atoms with Crippen molar-refractivity contribution in [3.8, 4) is 22.5 Å². The van der Waals surface area contributed by atoms with Gasteiger partial charge in [0.1, 0.15) is 5.76 Å². The van der Waals surface area contributed by atoms with Crippen molar-refractivity contribution in [2.75, 3.05) is 44.6 Å². The van der Waals surface area contributed by atoms with Crippen molar-refractivity contribution in [3.63, 3.8) is 0 Å². The Morgan fingerprint density at radius 2 is 1.80 bits per heavy atom. The monoisotopic (exact) mass is 399 g/mol. The predicted molar refractivity (Wildman–Crippen MR) is 120 cm³/mol. The molecule has 4 heterocycles. The lowest BCUT2D eigenvalue weighted by Crippen LogP contribution is -2.45. The zero-order valence-corrected chi connectivity index (χ0v) is 16.8. The smallest absolute Gasteiger partial charge is 0.229 e. The van der Waals surface area contributed by atoms with Gasteiger partial charge in [0.05, 0.1) is 5.39 Å². The van der Waals surface area contributed by atoms with Gasteiger partial charge in [0, 0.05) is 74.7 Å². The van der Waals surface area contributed by atoms with Gasteiger partial charge >= 0.3 is 0 Å². The van der Waals surface area contributed by atoms with E-state index in [2.05, 4.69) is 49.8 Å². The lowest BCUT2D eigenvalue weighted by Gasteiger charge is -2.27. The van der Waals surface area contributed by atoms with Crippen LogP contribution in [0.2, 0.25) is 0 Å². The minimum absolute atomic E-state index is 0.639. The van der Waals surface area contributed by atoms with Crippen LogP contribution in [0, 0.1) is 0 Å². The van der Waals surface area contributed by atoms with Gasteiger partial charge in [0.15, 0.2) is 0 Å². The van der Waals surface area contributed by atoms with Gasteiger partial charge in [0.25, 0.3) is 0 Å². The summed E-state index contributed by atoms with van der Waals surface area (Å²) in [4.78, 5) is 11.3. The average Bonchev–Trinajstić information content (AvgIpc) is 3.21. The highest BCUT2D eigenvalue weighted by Gasteiger charge is 2.21. The largest absolute Gasteiger partial charge is 0.437 e. The van der Waals surface area contributed by atoms with Gasteiger partial charge in [-0.3, -0.25) is 9.88 Å². The molecule has 0 spiro atoms. The Kier molecular flexibility index (Phi) is 5.42. The minimum Gasteiger partial charge on any atom is -0.437 e. The van der Waals surface area contributed by atoms with Crippen molar-refractivity contribution in [3.05, 3.63) is 67.1 Å². The number of hydrogen-bond acceptors (Lipinski definition) is 6. The Morgan fingerprint density at radius 3 is 2.60 bits per heavy atom. The zero-order chi connectivity index (χ0) is 20.2. The Balaban J connectivity index is 1.54. The fourth-order valence-corrected chi connectivity index (χ4v) is 4.03. The normalized spacial score (nSPS) is 14.8. The predicted octanol–water partition coefficient (Wildman–Crippen LogP) is 3.87. The maximum atomic E-state index is 6.27. The Morgan fingerprint density at radius 1 is 0.967 bits per heavy atom. The first-order valence-electron chi connectivity index (χ1n) is 10.4. The van der Waals surface area contributed by atoms with Crippen molar-refractivity contribution in [2.45, 2.75) is 0 Å². The third-order valence-electron chi connectivity index (χ3n) is 5.53. The molecule has 1 aliphatic rings. The number of hydrogen-bond donors (Lipinski definition) is 2. The van der Waals surface area contributed by atoms with Crippen LogP contribution in [0.15, 0.2) is 71.5 Å². The molecule has 6 nitrogen and oxygen atoms in total. The summed E-state index contributed by atoms with van der Waals surface area (Å²) < 4.78 is 6.27. The van der Waals surface area contributed by atoms with Gasteiger partial charge in [0.2, 0.25) is 5.71 Å². The van der Waals surface area contributed by atoms with Gasteiger partial charge in [-0.25, -0.2) is 4.98 Å². The molecule has 2 N–H and O–H groups in total. The lowest BCUT2D eigenvalue weighted by molar-refractivity contribution is 0.249. The number of furan rings is 1.